The summed E-state index contributed by atoms with van der Waals surface area (Å²) in [6.45, 7) is -0.356. The van der Waals surface area contributed by atoms with E-state index in [0.717, 1.165) is 22.4 Å². The lowest BCUT2D eigenvalue weighted by atomic mass is 10.0. The molecule has 3 aromatic carbocycles. The number of carbonyl (C=O) groups is 1. The minimum Gasteiger partial charge on any atom is -0.477 e. The Kier molecular flexibility index (Phi) is 6.00. The minimum absolute atomic E-state index is 0.0426. The van der Waals surface area contributed by atoms with Gasteiger partial charge in [-0.2, -0.15) is 0 Å². The molecule has 1 aromatic heterocycles. The number of benzene rings is 3. The highest BCUT2D eigenvalue weighted by molar-refractivity contribution is 7.14. The lowest BCUT2D eigenvalue weighted by Crippen LogP contribution is -2.20. The molecule has 1 amide bonds. The van der Waals surface area contributed by atoms with Crippen LogP contribution in [0, 0.1) is 10.1 Å². The van der Waals surface area contributed by atoms with E-state index in [1.807, 2.05) is 47.8 Å². The molecule has 0 unspecified atom stereocenters. The third kappa shape index (κ3) is 4.93. The van der Waals surface area contributed by atoms with E-state index in [-0.39, 0.29) is 18.0 Å². The average molecular weight is 431 g/mol. The molecule has 7 nitrogen and oxygen atoms in total. The number of rotatable bonds is 7. The van der Waals surface area contributed by atoms with Crippen LogP contribution in [0.5, 0.6) is 5.75 Å². The summed E-state index contributed by atoms with van der Waals surface area (Å²) >= 11 is 1.30. The zero-order chi connectivity index (χ0) is 21.6. The fraction of sp³-hybridized carbons (Fsp3) is 0.0435. The molecule has 0 fully saturated rings. The van der Waals surface area contributed by atoms with Crippen LogP contribution in [0.2, 0.25) is 0 Å². The molecule has 0 aliphatic carbocycles. The first kappa shape index (κ1) is 20.2. The van der Waals surface area contributed by atoms with Crippen molar-refractivity contribution in [1.29, 1.82) is 0 Å². The van der Waals surface area contributed by atoms with Gasteiger partial charge < -0.3 is 4.74 Å². The SMILES string of the molecule is O=C(COc1ccccc1[N+](=O)[O-])Nc1nc(-c2ccc(-c3ccccc3)cc2)cs1. The van der Waals surface area contributed by atoms with E-state index in [9.17, 15) is 14.9 Å². The normalized spacial score (nSPS) is 10.5. The lowest BCUT2D eigenvalue weighted by Gasteiger charge is -2.06. The van der Waals surface area contributed by atoms with Gasteiger partial charge in [-0.1, -0.05) is 66.7 Å². The Hall–Kier alpha value is -4.04. The Morgan fingerprint density at radius 3 is 2.32 bits per heavy atom. The summed E-state index contributed by atoms with van der Waals surface area (Å²) in [5.41, 5.74) is 3.75. The molecule has 0 atom stereocenters. The van der Waals surface area contributed by atoms with E-state index in [2.05, 4.69) is 22.4 Å². The Morgan fingerprint density at radius 1 is 0.935 bits per heavy atom. The van der Waals surface area contributed by atoms with Gasteiger partial charge in [0.25, 0.3) is 5.91 Å². The molecule has 8 heteroatoms. The molecular formula is C23H17N3O4S. The number of carbonyl (C=O) groups excluding carboxylic acids is 1. The minimum atomic E-state index is -0.552. The second kappa shape index (κ2) is 9.19. The summed E-state index contributed by atoms with van der Waals surface area (Å²) in [5.74, 6) is -0.403. The number of amides is 1. The number of thiazole rings is 1. The lowest BCUT2D eigenvalue weighted by molar-refractivity contribution is -0.385. The number of nitrogens with zero attached hydrogens (tertiary/aromatic N) is 2. The van der Waals surface area contributed by atoms with Crippen LogP contribution in [0.1, 0.15) is 0 Å². The van der Waals surface area contributed by atoms with E-state index in [1.165, 1.54) is 29.5 Å². The second-order valence-electron chi connectivity index (χ2n) is 6.54. The summed E-state index contributed by atoms with van der Waals surface area (Å²) < 4.78 is 5.30. The summed E-state index contributed by atoms with van der Waals surface area (Å²) in [5, 5.41) is 16.0. The Bertz CT molecular complexity index is 1210. The van der Waals surface area contributed by atoms with Crippen LogP contribution in [0.4, 0.5) is 10.8 Å². The molecule has 0 spiro atoms. The molecule has 0 aliphatic heterocycles. The molecule has 1 heterocycles. The van der Waals surface area contributed by atoms with E-state index in [0.29, 0.717) is 5.13 Å². The summed E-state index contributed by atoms with van der Waals surface area (Å²) in [4.78, 5) is 27.1. The predicted molar refractivity (Wildman–Crippen MR) is 120 cm³/mol. The first-order valence-corrected chi connectivity index (χ1v) is 10.3. The van der Waals surface area contributed by atoms with Crippen molar-refractivity contribution in [3.63, 3.8) is 0 Å². The Balaban J connectivity index is 1.38. The highest BCUT2D eigenvalue weighted by Gasteiger charge is 2.15. The number of para-hydroxylation sites is 2. The van der Waals surface area contributed by atoms with Crippen molar-refractivity contribution in [2.24, 2.45) is 0 Å². The molecular weight excluding hydrogens is 414 g/mol. The number of anilines is 1. The highest BCUT2D eigenvalue weighted by atomic mass is 32.1. The summed E-state index contributed by atoms with van der Waals surface area (Å²) in [6, 6.07) is 24.0. The van der Waals surface area contributed by atoms with Crippen molar-refractivity contribution in [3.8, 4) is 28.1 Å². The average Bonchev–Trinajstić information content (AvgIpc) is 3.27. The zero-order valence-electron chi connectivity index (χ0n) is 16.2. The third-order valence-electron chi connectivity index (χ3n) is 4.46. The van der Waals surface area contributed by atoms with E-state index in [4.69, 9.17) is 4.74 Å². The van der Waals surface area contributed by atoms with Crippen LogP contribution in [-0.4, -0.2) is 22.4 Å². The maximum atomic E-state index is 12.2. The fourth-order valence-corrected chi connectivity index (χ4v) is 3.69. The first-order valence-electron chi connectivity index (χ1n) is 9.37. The van der Waals surface area contributed by atoms with Crippen LogP contribution in [-0.2, 0) is 4.79 Å². The molecule has 4 aromatic rings. The van der Waals surface area contributed by atoms with Gasteiger partial charge in [0.1, 0.15) is 0 Å². The van der Waals surface area contributed by atoms with Gasteiger partial charge in [-0.05, 0) is 17.2 Å². The molecule has 0 bridgehead atoms. The van der Waals surface area contributed by atoms with Gasteiger partial charge in [0.05, 0.1) is 10.6 Å². The van der Waals surface area contributed by atoms with Gasteiger partial charge >= 0.3 is 5.69 Å². The Labute approximate surface area is 182 Å². The summed E-state index contributed by atoms with van der Waals surface area (Å²) in [6.07, 6.45) is 0. The topological polar surface area (TPSA) is 94.4 Å². The number of aromatic nitrogens is 1. The van der Waals surface area contributed by atoms with Crippen molar-refractivity contribution in [2.45, 2.75) is 0 Å². The van der Waals surface area contributed by atoms with Gasteiger partial charge in [-0.15, -0.1) is 11.3 Å². The van der Waals surface area contributed by atoms with Crippen molar-refractivity contribution < 1.29 is 14.5 Å². The zero-order valence-corrected chi connectivity index (χ0v) is 17.0. The molecule has 154 valence electrons. The monoisotopic (exact) mass is 431 g/mol. The number of hydrogen-bond acceptors (Lipinski definition) is 6. The fourth-order valence-electron chi connectivity index (χ4n) is 2.96. The van der Waals surface area contributed by atoms with Gasteiger partial charge in [0.15, 0.2) is 17.5 Å². The molecule has 4 rings (SSSR count). The first-order chi connectivity index (χ1) is 15.1. The smallest absolute Gasteiger partial charge is 0.310 e. The van der Waals surface area contributed by atoms with Crippen molar-refractivity contribution in [1.82, 2.24) is 4.98 Å². The number of nitro groups is 1. The standard InChI is InChI=1S/C23H17N3O4S/c27-22(14-30-21-9-5-4-8-20(21)26(28)29)25-23-24-19(15-31-23)18-12-10-17(11-13-18)16-6-2-1-3-7-16/h1-13,15H,14H2,(H,24,25,27). The number of ether oxygens (including phenoxy) is 1. The number of hydrogen-bond donors (Lipinski definition) is 1. The maximum absolute atomic E-state index is 12.2. The second-order valence-corrected chi connectivity index (χ2v) is 7.40. The van der Waals surface area contributed by atoms with Crippen LogP contribution in [0.15, 0.2) is 84.2 Å². The van der Waals surface area contributed by atoms with Crippen LogP contribution in [0.25, 0.3) is 22.4 Å². The van der Waals surface area contributed by atoms with E-state index in [1.54, 1.807) is 6.07 Å². The summed E-state index contributed by atoms with van der Waals surface area (Å²) in [7, 11) is 0. The molecule has 1 N–H and O–H groups in total. The largest absolute Gasteiger partial charge is 0.477 e. The maximum Gasteiger partial charge on any atom is 0.310 e. The van der Waals surface area contributed by atoms with E-state index >= 15 is 0 Å². The Morgan fingerprint density at radius 2 is 1.58 bits per heavy atom. The molecule has 0 saturated heterocycles. The molecule has 0 saturated carbocycles. The molecule has 0 aliphatic rings. The van der Waals surface area contributed by atoms with Gasteiger partial charge in [-0.25, -0.2) is 4.98 Å². The molecule has 0 radical (unpaired) electrons. The van der Waals surface area contributed by atoms with Crippen molar-refractivity contribution in [3.05, 3.63) is 94.4 Å². The van der Waals surface area contributed by atoms with Gasteiger partial charge in [0, 0.05) is 17.0 Å². The highest BCUT2D eigenvalue weighted by Crippen LogP contribution is 2.28. The van der Waals surface area contributed by atoms with Gasteiger partial charge in [0.2, 0.25) is 0 Å². The van der Waals surface area contributed by atoms with Crippen molar-refractivity contribution in [2.75, 3.05) is 11.9 Å². The van der Waals surface area contributed by atoms with Crippen LogP contribution >= 0.6 is 11.3 Å². The number of nitro benzene ring substituents is 1. The third-order valence-corrected chi connectivity index (χ3v) is 5.22. The van der Waals surface area contributed by atoms with Crippen LogP contribution in [0.3, 0.4) is 0 Å². The van der Waals surface area contributed by atoms with E-state index < -0.39 is 10.8 Å². The quantitative estimate of drug-likeness (QED) is 0.312. The van der Waals surface area contributed by atoms with Gasteiger partial charge in [-0.3, -0.25) is 20.2 Å². The predicted octanol–water partition coefficient (Wildman–Crippen LogP) is 5.40. The molecule has 31 heavy (non-hydrogen) atoms. The van der Waals surface area contributed by atoms with Crippen LogP contribution < -0.4 is 10.1 Å². The number of nitrogens with one attached hydrogen (secondary N) is 1. The van der Waals surface area contributed by atoms with Crippen molar-refractivity contribution >= 4 is 28.1 Å².